The van der Waals surface area contributed by atoms with Gasteiger partial charge in [-0.25, -0.2) is 14.4 Å². The molecule has 0 radical (unpaired) electrons. The first kappa shape index (κ1) is 21.4. The van der Waals surface area contributed by atoms with Crippen molar-refractivity contribution in [3.05, 3.63) is 35.6 Å². The van der Waals surface area contributed by atoms with E-state index in [-0.39, 0.29) is 11.4 Å². The number of benzene rings is 1. The topological polar surface area (TPSA) is 40.6 Å². The number of hydrazine groups is 1. The van der Waals surface area contributed by atoms with E-state index < -0.39 is 0 Å². The summed E-state index contributed by atoms with van der Waals surface area (Å²) >= 11 is 0. The molecule has 1 heterocycles. The van der Waals surface area contributed by atoms with Crippen LogP contribution in [0.1, 0.15) is 45.1 Å². The standard InChI is InChI=1S/C16H25FN2.2CH2O/c1-4-9-16(2)10-6-11-19(16)18(3)13-14-7-5-8-15(17)12-14;2*1-2/h5,7-8,12H,4,6,9-11,13H2,1-3H3;2*1H2/t16-;;/m1../s1. The molecule has 1 saturated heterocycles. The molecule has 0 N–H and O–H groups in total. The zero-order valence-corrected chi connectivity index (χ0v) is 14.6. The second kappa shape index (κ2) is 11.0. The van der Waals surface area contributed by atoms with Crippen LogP contribution in [0.3, 0.4) is 0 Å². The van der Waals surface area contributed by atoms with Crippen molar-refractivity contribution in [1.82, 2.24) is 10.0 Å². The zero-order valence-electron chi connectivity index (χ0n) is 14.6. The van der Waals surface area contributed by atoms with Crippen LogP contribution in [0.2, 0.25) is 0 Å². The van der Waals surface area contributed by atoms with Crippen molar-refractivity contribution in [2.45, 2.75) is 51.6 Å². The minimum atomic E-state index is -0.149. The van der Waals surface area contributed by atoms with E-state index in [1.54, 1.807) is 12.1 Å². The number of nitrogens with zero attached hydrogens (tertiary/aromatic N) is 2. The highest BCUT2D eigenvalue weighted by Crippen LogP contribution is 2.34. The fourth-order valence-corrected chi connectivity index (χ4v) is 3.37. The molecule has 1 atom stereocenters. The Morgan fingerprint density at radius 3 is 2.52 bits per heavy atom. The van der Waals surface area contributed by atoms with Crippen LogP contribution in [-0.2, 0) is 16.1 Å². The van der Waals surface area contributed by atoms with Crippen LogP contribution < -0.4 is 0 Å². The molecule has 0 bridgehead atoms. The summed E-state index contributed by atoms with van der Waals surface area (Å²) in [7, 11) is 2.12. The molecule has 1 aromatic carbocycles. The lowest BCUT2D eigenvalue weighted by Gasteiger charge is -2.41. The Morgan fingerprint density at radius 1 is 1.30 bits per heavy atom. The average Bonchev–Trinajstić information content (AvgIpc) is 2.93. The molecule has 0 aliphatic carbocycles. The summed E-state index contributed by atoms with van der Waals surface area (Å²) in [6, 6.07) is 6.91. The predicted molar refractivity (Wildman–Crippen MR) is 91.4 cm³/mol. The van der Waals surface area contributed by atoms with E-state index in [1.807, 2.05) is 19.6 Å². The number of carbonyl (C=O) groups is 2. The summed E-state index contributed by atoms with van der Waals surface area (Å²) in [5, 5.41) is 4.73. The van der Waals surface area contributed by atoms with Crippen LogP contribution in [-0.4, -0.2) is 42.7 Å². The van der Waals surface area contributed by atoms with E-state index in [2.05, 4.69) is 30.9 Å². The lowest BCUT2D eigenvalue weighted by molar-refractivity contribution is -0.0987. The van der Waals surface area contributed by atoms with Crippen molar-refractivity contribution in [3.8, 4) is 0 Å². The lowest BCUT2D eigenvalue weighted by Crippen LogP contribution is -2.50. The first-order chi connectivity index (χ1) is 11.0. The van der Waals surface area contributed by atoms with Crippen molar-refractivity contribution >= 4 is 13.6 Å². The Kier molecular flexibility index (Phi) is 10.3. The van der Waals surface area contributed by atoms with E-state index in [0.29, 0.717) is 0 Å². The Labute approximate surface area is 139 Å². The fourth-order valence-electron chi connectivity index (χ4n) is 3.37. The zero-order chi connectivity index (χ0) is 17.9. The monoisotopic (exact) mass is 324 g/mol. The van der Waals surface area contributed by atoms with Crippen LogP contribution in [0.5, 0.6) is 0 Å². The summed E-state index contributed by atoms with van der Waals surface area (Å²) in [6.45, 7) is 10.5. The normalized spacial score (nSPS) is 20.4. The highest BCUT2D eigenvalue weighted by atomic mass is 19.1. The minimum Gasteiger partial charge on any atom is -0.307 e. The third-order valence-corrected chi connectivity index (χ3v) is 4.21. The molecule has 1 aromatic rings. The van der Waals surface area contributed by atoms with E-state index in [1.165, 1.54) is 31.7 Å². The SMILES string of the molecule is C=O.C=O.CCC[C@]1(C)CCCN1N(C)Cc1cccc(F)c1. The van der Waals surface area contributed by atoms with Crippen LogP contribution in [0.4, 0.5) is 4.39 Å². The first-order valence-corrected chi connectivity index (χ1v) is 7.86. The molecule has 0 spiro atoms. The van der Waals surface area contributed by atoms with Crippen molar-refractivity contribution < 1.29 is 14.0 Å². The van der Waals surface area contributed by atoms with E-state index in [0.717, 1.165) is 18.7 Å². The van der Waals surface area contributed by atoms with Gasteiger partial charge < -0.3 is 9.59 Å². The number of hydrogen-bond donors (Lipinski definition) is 0. The Hall–Kier alpha value is -1.59. The summed E-state index contributed by atoms with van der Waals surface area (Å²) in [4.78, 5) is 16.0. The van der Waals surface area contributed by atoms with Crippen molar-refractivity contribution in [2.75, 3.05) is 13.6 Å². The van der Waals surface area contributed by atoms with Crippen LogP contribution in [0.15, 0.2) is 24.3 Å². The molecule has 0 amide bonds. The van der Waals surface area contributed by atoms with Crippen molar-refractivity contribution in [2.24, 2.45) is 0 Å². The first-order valence-electron chi connectivity index (χ1n) is 7.86. The molecule has 2 rings (SSSR count). The van der Waals surface area contributed by atoms with Gasteiger partial charge in [-0.1, -0.05) is 25.5 Å². The van der Waals surface area contributed by atoms with Gasteiger partial charge in [-0.05, 0) is 43.9 Å². The van der Waals surface area contributed by atoms with Gasteiger partial charge in [-0.2, -0.15) is 0 Å². The molecular weight excluding hydrogens is 295 g/mol. The highest BCUT2D eigenvalue weighted by molar-refractivity contribution is 5.16. The van der Waals surface area contributed by atoms with E-state index in [9.17, 15) is 4.39 Å². The Morgan fingerprint density at radius 2 is 1.96 bits per heavy atom. The second-order valence-electron chi connectivity index (χ2n) is 5.92. The molecule has 0 unspecified atom stereocenters. The molecule has 5 heteroatoms. The third kappa shape index (κ3) is 6.20. The highest BCUT2D eigenvalue weighted by Gasteiger charge is 2.37. The van der Waals surface area contributed by atoms with Gasteiger partial charge in [0.05, 0.1) is 0 Å². The van der Waals surface area contributed by atoms with Crippen molar-refractivity contribution in [1.29, 1.82) is 0 Å². The van der Waals surface area contributed by atoms with Gasteiger partial charge in [0.1, 0.15) is 19.4 Å². The average molecular weight is 324 g/mol. The maximum atomic E-state index is 13.2. The van der Waals surface area contributed by atoms with Gasteiger partial charge in [0.2, 0.25) is 0 Å². The maximum Gasteiger partial charge on any atom is 0.123 e. The third-order valence-electron chi connectivity index (χ3n) is 4.21. The second-order valence-corrected chi connectivity index (χ2v) is 5.92. The van der Waals surface area contributed by atoms with Gasteiger partial charge in [-0.3, -0.25) is 0 Å². The van der Waals surface area contributed by atoms with Gasteiger partial charge in [-0.15, -0.1) is 0 Å². The van der Waals surface area contributed by atoms with E-state index >= 15 is 0 Å². The molecule has 130 valence electrons. The molecule has 0 aromatic heterocycles. The number of rotatable bonds is 5. The molecule has 4 nitrogen and oxygen atoms in total. The quantitative estimate of drug-likeness (QED) is 0.832. The summed E-state index contributed by atoms with van der Waals surface area (Å²) < 4.78 is 13.2. The van der Waals surface area contributed by atoms with Gasteiger partial charge >= 0.3 is 0 Å². The molecule has 1 aliphatic heterocycles. The predicted octanol–water partition coefficient (Wildman–Crippen LogP) is 3.46. The largest absolute Gasteiger partial charge is 0.307 e. The minimum absolute atomic E-state index is 0.149. The molecule has 0 saturated carbocycles. The number of hydrogen-bond acceptors (Lipinski definition) is 4. The molecule has 23 heavy (non-hydrogen) atoms. The summed E-state index contributed by atoms with van der Waals surface area (Å²) in [5.74, 6) is -0.149. The molecule has 1 aliphatic rings. The lowest BCUT2D eigenvalue weighted by atomic mass is 9.94. The Balaban J connectivity index is 0.00000112. The fraction of sp³-hybridized carbons (Fsp3) is 0.556. The van der Waals surface area contributed by atoms with Gasteiger partial charge in [0.25, 0.3) is 0 Å². The molecular formula is C18H29FN2O2. The molecule has 1 fully saturated rings. The smallest absolute Gasteiger partial charge is 0.123 e. The van der Waals surface area contributed by atoms with Gasteiger partial charge in [0.15, 0.2) is 0 Å². The van der Waals surface area contributed by atoms with Gasteiger partial charge in [0, 0.05) is 25.7 Å². The van der Waals surface area contributed by atoms with Crippen LogP contribution >= 0.6 is 0 Å². The Bertz CT molecular complexity index is 456. The number of halogens is 1. The van der Waals surface area contributed by atoms with Crippen molar-refractivity contribution in [3.63, 3.8) is 0 Å². The van der Waals surface area contributed by atoms with Crippen LogP contribution in [0.25, 0.3) is 0 Å². The van der Waals surface area contributed by atoms with E-state index in [4.69, 9.17) is 9.59 Å². The summed E-state index contributed by atoms with van der Waals surface area (Å²) in [6.07, 6.45) is 4.94. The number of carbonyl (C=O) groups excluding carboxylic acids is 2. The maximum absolute atomic E-state index is 13.2. The van der Waals surface area contributed by atoms with Crippen LogP contribution in [0, 0.1) is 5.82 Å². The summed E-state index contributed by atoms with van der Waals surface area (Å²) in [5.41, 5.74) is 1.31.